The minimum atomic E-state index is 0.467. The van der Waals surface area contributed by atoms with Crippen LogP contribution in [-0.4, -0.2) is 22.3 Å². The third-order valence-corrected chi connectivity index (χ3v) is 5.50. The molecule has 4 aromatic rings. The normalized spacial score (nSPS) is 11.0. The van der Waals surface area contributed by atoms with E-state index in [4.69, 9.17) is 13.6 Å². The Balaban J connectivity index is 1.44. The first-order valence-electron chi connectivity index (χ1n) is 7.82. The van der Waals surface area contributed by atoms with Gasteiger partial charge in [-0.05, 0) is 25.1 Å². The van der Waals surface area contributed by atoms with E-state index in [1.54, 1.807) is 24.7 Å². The fourth-order valence-electron chi connectivity index (χ4n) is 2.38. The highest BCUT2D eigenvalue weighted by Crippen LogP contribution is 2.31. The number of methoxy groups -OCH3 is 1. The van der Waals surface area contributed by atoms with Crippen molar-refractivity contribution in [2.75, 3.05) is 7.11 Å². The van der Waals surface area contributed by atoms with Crippen molar-refractivity contribution in [3.63, 3.8) is 0 Å². The van der Waals surface area contributed by atoms with Crippen molar-refractivity contribution in [2.24, 2.45) is 0 Å². The van der Waals surface area contributed by atoms with Crippen LogP contribution in [-0.2, 0) is 5.75 Å². The first-order valence-corrected chi connectivity index (χ1v) is 9.69. The maximum absolute atomic E-state index is 5.69. The molecule has 0 spiro atoms. The number of aryl methyl sites for hydroxylation is 1. The highest BCUT2D eigenvalue weighted by molar-refractivity contribution is 7.98. The molecule has 0 saturated heterocycles. The van der Waals surface area contributed by atoms with Gasteiger partial charge in [-0.1, -0.05) is 23.9 Å². The van der Waals surface area contributed by atoms with Crippen molar-refractivity contribution in [2.45, 2.75) is 17.9 Å². The summed E-state index contributed by atoms with van der Waals surface area (Å²) in [5, 5.41) is 11.7. The van der Waals surface area contributed by atoms with Crippen LogP contribution in [0, 0.1) is 6.92 Å². The van der Waals surface area contributed by atoms with Crippen molar-refractivity contribution in [1.82, 2.24) is 15.2 Å². The Kier molecular flexibility index (Phi) is 4.77. The molecule has 3 aromatic heterocycles. The average Bonchev–Trinajstić information content (AvgIpc) is 3.40. The monoisotopic (exact) mass is 385 g/mol. The Bertz CT molecular complexity index is 1020. The van der Waals surface area contributed by atoms with Gasteiger partial charge < -0.3 is 13.6 Å². The second-order valence-electron chi connectivity index (χ2n) is 5.43. The van der Waals surface area contributed by atoms with Crippen LogP contribution in [0.25, 0.3) is 22.0 Å². The van der Waals surface area contributed by atoms with Crippen LogP contribution in [0.5, 0.6) is 5.75 Å². The van der Waals surface area contributed by atoms with Crippen LogP contribution in [0.4, 0.5) is 0 Å². The molecule has 0 aliphatic rings. The molecule has 4 rings (SSSR count). The van der Waals surface area contributed by atoms with Crippen LogP contribution >= 0.6 is 23.1 Å². The minimum Gasteiger partial charge on any atom is -0.497 e. The van der Waals surface area contributed by atoms with Crippen molar-refractivity contribution in [3.8, 4) is 27.8 Å². The zero-order chi connectivity index (χ0) is 17.9. The highest BCUT2D eigenvalue weighted by atomic mass is 32.2. The molecular weight excluding hydrogens is 370 g/mol. The number of benzene rings is 1. The Hall–Kier alpha value is -2.58. The number of rotatable bonds is 6. The summed E-state index contributed by atoms with van der Waals surface area (Å²) in [6.45, 7) is 1.86. The lowest BCUT2D eigenvalue weighted by Gasteiger charge is -2.01. The van der Waals surface area contributed by atoms with Gasteiger partial charge in [0, 0.05) is 16.7 Å². The molecular formula is C18H15N3O3S2. The third-order valence-electron chi connectivity index (χ3n) is 3.71. The van der Waals surface area contributed by atoms with Crippen LogP contribution in [0.2, 0.25) is 0 Å². The number of hydrogen-bond donors (Lipinski definition) is 0. The predicted molar refractivity (Wildman–Crippen MR) is 100 cm³/mol. The summed E-state index contributed by atoms with van der Waals surface area (Å²) in [6.07, 6.45) is 1.61. The van der Waals surface area contributed by atoms with Crippen LogP contribution < -0.4 is 4.74 Å². The number of thiazole rings is 1. The van der Waals surface area contributed by atoms with Crippen LogP contribution in [0.3, 0.4) is 0 Å². The molecule has 132 valence electrons. The highest BCUT2D eigenvalue weighted by Gasteiger charge is 2.14. The van der Waals surface area contributed by atoms with Gasteiger partial charge in [0.15, 0.2) is 0 Å². The summed E-state index contributed by atoms with van der Waals surface area (Å²) in [5.41, 5.74) is 2.83. The van der Waals surface area contributed by atoms with Crippen molar-refractivity contribution < 1.29 is 13.6 Å². The standard InChI is InChI=1S/C18H15N3O3S2/c1-11-15(6-7-23-11)16-20-21-18(24-16)26-10-13-9-25-17(19-13)12-4-3-5-14(8-12)22-2/h3-9H,10H2,1-2H3. The fraction of sp³-hybridized carbons (Fsp3) is 0.167. The Morgan fingerprint density at radius 3 is 2.96 bits per heavy atom. The van der Waals surface area contributed by atoms with Gasteiger partial charge in [-0.15, -0.1) is 21.5 Å². The maximum Gasteiger partial charge on any atom is 0.277 e. The number of hydrogen-bond acceptors (Lipinski definition) is 8. The van der Waals surface area contributed by atoms with E-state index in [9.17, 15) is 0 Å². The average molecular weight is 385 g/mol. The molecule has 0 aliphatic heterocycles. The van der Waals surface area contributed by atoms with Gasteiger partial charge in [0.05, 0.1) is 24.6 Å². The smallest absolute Gasteiger partial charge is 0.277 e. The van der Waals surface area contributed by atoms with Crippen molar-refractivity contribution in [1.29, 1.82) is 0 Å². The summed E-state index contributed by atoms with van der Waals surface area (Å²) in [6, 6.07) is 9.70. The molecule has 0 radical (unpaired) electrons. The number of aromatic nitrogens is 3. The zero-order valence-corrected chi connectivity index (χ0v) is 15.8. The van der Waals surface area contributed by atoms with Gasteiger partial charge in [0.2, 0.25) is 0 Å². The van der Waals surface area contributed by atoms with Gasteiger partial charge in [-0.2, -0.15) is 0 Å². The topological polar surface area (TPSA) is 74.2 Å². The Morgan fingerprint density at radius 2 is 2.15 bits per heavy atom. The van der Waals surface area contributed by atoms with Gasteiger partial charge in [-0.25, -0.2) is 4.98 Å². The lowest BCUT2D eigenvalue weighted by Crippen LogP contribution is -1.85. The fourth-order valence-corrected chi connectivity index (χ4v) is 3.96. The second-order valence-corrected chi connectivity index (χ2v) is 7.21. The van der Waals surface area contributed by atoms with E-state index in [1.807, 2.05) is 42.6 Å². The molecule has 26 heavy (non-hydrogen) atoms. The van der Waals surface area contributed by atoms with E-state index in [2.05, 4.69) is 15.2 Å². The van der Waals surface area contributed by atoms with Gasteiger partial charge in [0.25, 0.3) is 11.1 Å². The summed E-state index contributed by atoms with van der Waals surface area (Å²) in [7, 11) is 1.66. The minimum absolute atomic E-state index is 0.467. The molecule has 8 heteroatoms. The predicted octanol–water partition coefficient (Wildman–Crippen LogP) is 5.06. The summed E-state index contributed by atoms with van der Waals surface area (Å²) < 4.78 is 16.2. The molecule has 0 bridgehead atoms. The molecule has 0 unspecified atom stereocenters. The van der Waals surface area contributed by atoms with Gasteiger partial charge in [-0.3, -0.25) is 0 Å². The number of thioether (sulfide) groups is 1. The zero-order valence-electron chi connectivity index (χ0n) is 14.1. The number of ether oxygens (including phenoxy) is 1. The van der Waals surface area contributed by atoms with E-state index >= 15 is 0 Å². The van der Waals surface area contributed by atoms with E-state index in [-0.39, 0.29) is 0 Å². The van der Waals surface area contributed by atoms with E-state index < -0.39 is 0 Å². The van der Waals surface area contributed by atoms with E-state index in [0.717, 1.165) is 33.3 Å². The first-order chi connectivity index (χ1) is 12.7. The summed E-state index contributed by atoms with van der Waals surface area (Å²) >= 11 is 3.07. The van der Waals surface area contributed by atoms with E-state index in [1.165, 1.54) is 11.8 Å². The van der Waals surface area contributed by atoms with Crippen LogP contribution in [0.1, 0.15) is 11.5 Å². The second kappa shape index (κ2) is 7.35. The maximum atomic E-state index is 5.69. The van der Waals surface area contributed by atoms with Crippen molar-refractivity contribution >= 4 is 23.1 Å². The number of furan rings is 1. The molecule has 0 aliphatic carbocycles. The third kappa shape index (κ3) is 3.51. The van der Waals surface area contributed by atoms with E-state index in [0.29, 0.717) is 16.9 Å². The lowest BCUT2D eigenvalue weighted by molar-refractivity contribution is 0.415. The number of nitrogens with zero attached hydrogens (tertiary/aromatic N) is 3. The first kappa shape index (κ1) is 16.9. The Labute approximate surface area is 158 Å². The molecule has 0 atom stereocenters. The molecule has 0 fully saturated rings. The largest absolute Gasteiger partial charge is 0.497 e. The summed E-state index contributed by atoms with van der Waals surface area (Å²) in [5.74, 6) is 2.70. The molecule has 0 saturated carbocycles. The molecule has 1 aromatic carbocycles. The van der Waals surface area contributed by atoms with Gasteiger partial charge in [0.1, 0.15) is 16.5 Å². The molecule has 3 heterocycles. The molecule has 0 amide bonds. The van der Waals surface area contributed by atoms with Gasteiger partial charge >= 0.3 is 0 Å². The summed E-state index contributed by atoms with van der Waals surface area (Å²) in [4.78, 5) is 4.68. The quantitative estimate of drug-likeness (QED) is 0.429. The molecule has 6 nitrogen and oxygen atoms in total. The van der Waals surface area contributed by atoms with Crippen LogP contribution in [0.15, 0.2) is 56.0 Å². The Morgan fingerprint density at radius 1 is 1.23 bits per heavy atom. The van der Waals surface area contributed by atoms with Crippen molar-refractivity contribution in [3.05, 3.63) is 53.4 Å². The lowest BCUT2D eigenvalue weighted by atomic mass is 10.2. The SMILES string of the molecule is COc1cccc(-c2nc(CSc3nnc(-c4ccoc4C)o3)cs2)c1. The molecule has 0 N–H and O–H groups in total.